The molecule has 202 valence electrons. The number of hydrogen-bond acceptors (Lipinski definition) is 3. The highest BCUT2D eigenvalue weighted by Gasteiger charge is 2.21. The van der Waals surface area contributed by atoms with Crippen LogP contribution in [0.4, 0.5) is 0 Å². The van der Waals surface area contributed by atoms with Crippen LogP contribution in [0.3, 0.4) is 0 Å². The Kier molecular flexibility index (Phi) is 11.4. The lowest BCUT2D eigenvalue weighted by Gasteiger charge is -2.15. The molecule has 0 aliphatic carbocycles. The Hall–Kier alpha value is -3.60. The van der Waals surface area contributed by atoms with Crippen LogP contribution in [0.5, 0.6) is 5.75 Å². The van der Waals surface area contributed by atoms with Gasteiger partial charge in [-0.3, -0.25) is 0 Å². The van der Waals surface area contributed by atoms with Crippen molar-refractivity contribution in [3.8, 4) is 28.0 Å². The molecule has 0 atom stereocenters. The first kappa shape index (κ1) is 29.0. The topological polar surface area (TPSA) is 83.8 Å². The third kappa shape index (κ3) is 7.95. The zero-order valence-electron chi connectivity index (χ0n) is 22.7. The summed E-state index contributed by atoms with van der Waals surface area (Å²) in [5, 5.41) is 19.3. The maximum Gasteiger partial charge on any atom is 0.337 e. The molecule has 3 aromatic rings. The number of carbonyl (C=O) groups is 2. The number of aromatic carboxylic acids is 2. The van der Waals surface area contributed by atoms with Crippen molar-refractivity contribution in [2.75, 3.05) is 6.61 Å². The summed E-state index contributed by atoms with van der Waals surface area (Å²) in [5.74, 6) is -1.63. The monoisotopic (exact) mass is 516 g/mol. The van der Waals surface area contributed by atoms with Crippen molar-refractivity contribution < 1.29 is 24.5 Å². The van der Waals surface area contributed by atoms with Crippen molar-refractivity contribution in [3.63, 3.8) is 0 Å². The second kappa shape index (κ2) is 15.0. The molecule has 3 aromatic carbocycles. The molecule has 5 nitrogen and oxygen atoms in total. The lowest BCUT2D eigenvalue weighted by Crippen LogP contribution is -2.09. The molecule has 0 fully saturated rings. The van der Waals surface area contributed by atoms with Gasteiger partial charge in [-0.2, -0.15) is 0 Å². The molecule has 2 N–H and O–H groups in total. The van der Waals surface area contributed by atoms with E-state index in [9.17, 15) is 19.8 Å². The van der Waals surface area contributed by atoms with Gasteiger partial charge in [0.1, 0.15) is 5.75 Å². The average Bonchev–Trinajstić information content (AvgIpc) is 2.92. The predicted molar refractivity (Wildman–Crippen MR) is 153 cm³/mol. The molecule has 0 amide bonds. The summed E-state index contributed by atoms with van der Waals surface area (Å²) in [5.41, 5.74) is 4.03. The van der Waals surface area contributed by atoms with Crippen molar-refractivity contribution >= 4 is 11.9 Å². The van der Waals surface area contributed by atoms with Gasteiger partial charge in [0, 0.05) is 0 Å². The third-order valence-electron chi connectivity index (χ3n) is 6.91. The van der Waals surface area contributed by atoms with E-state index in [-0.39, 0.29) is 11.1 Å². The number of benzene rings is 3. The molecule has 0 aliphatic rings. The van der Waals surface area contributed by atoms with Crippen molar-refractivity contribution in [1.29, 1.82) is 0 Å². The molecular weight excluding hydrogens is 476 g/mol. The summed E-state index contributed by atoms with van der Waals surface area (Å²) >= 11 is 0. The van der Waals surface area contributed by atoms with Crippen LogP contribution in [-0.4, -0.2) is 28.8 Å². The minimum absolute atomic E-state index is 0.181. The van der Waals surface area contributed by atoms with E-state index in [1.54, 1.807) is 12.1 Å². The number of ether oxygens (including phenoxy) is 1. The quantitative estimate of drug-likeness (QED) is 0.186. The maximum atomic E-state index is 12.0. The number of unbranched alkanes of at least 4 members (excludes halogenated alkanes) is 7. The highest BCUT2D eigenvalue weighted by Crippen LogP contribution is 2.33. The number of rotatable bonds is 16. The lowest BCUT2D eigenvalue weighted by molar-refractivity contribution is 0.0652. The second-order valence-electron chi connectivity index (χ2n) is 9.81. The van der Waals surface area contributed by atoms with Crippen molar-refractivity contribution in [1.82, 2.24) is 0 Å². The molecule has 0 aliphatic heterocycles. The van der Waals surface area contributed by atoms with Gasteiger partial charge >= 0.3 is 11.9 Å². The van der Waals surface area contributed by atoms with Crippen molar-refractivity contribution in [3.05, 3.63) is 77.4 Å². The fraction of sp³-hybridized carbons (Fsp3) is 0.394. The first-order valence-electron chi connectivity index (χ1n) is 13.9. The molecule has 0 aromatic heterocycles. The molecule has 0 radical (unpaired) electrons. The SMILES string of the molecule is CCCCCCCCOc1ccc(-c2ccc(-c3cccc(C(=O)O)c3C(=O)O)cc2CCCCC)cc1. The largest absolute Gasteiger partial charge is 0.494 e. The van der Waals surface area contributed by atoms with Crippen LogP contribution in [0.15, 0.2) is 60.7 Å². The van der Waals surface area contributed by atoms with E-state index >= 15 is 0 Å². The minimum Gasteiger partial charge on any atom is -0.494 e. The number of carboxylic acids is 2. The Morgan fingerprint density at radius 3 is 2.03 bits per heavy atom. The summed E-state index contributed by atoms with van der Waals surface area (Å²) < 4.78 is 5.95. The van der Waals surface area contributed by atoms with Gasteiger partial charge in [0.05, 0.1) is 17.7 Å². The Balaban J connectivity index is 1.83. The Labute approximate surface area is 226 Å². The molecule has 0 bridgehead atoms. The smallest absolute Gasteiger partial charge is 0.337 e. The number of hydrogen-bond donors (Lipinski definition) is 2. The zero-order valence-corrected chi connectivity index (χ0v) is 22.7. The van der Waals surface area contributed by atoms with E-state index in [1.807, 2.05) is 30.3 Å². The number of carboxylic acid groups (broad SMARTS) is 2. The average molecular weight is 517 g/mol. The van der Waals surface area contributed by atoms with Gasteiger partial charge in [-0.25, -0.2) is 9.59 Å². The van der Waals surface area contributed by atoms with Crippen LogP contribution in [-0.2, 0) is 6.42 Å². The first-order valence-corrected chi connectivity index (χ1v) is 13.9. The second-order valence-corrected chi connectivity index (χ2v) is 9.81. The van der Waals surface area contributed by atoms with E-state index in [0.29, 0.717) is 11.1 Å². The van der Waals surface area contributed by atoms with Gasteiger partial charge in [-0.1, -0.05) is 101 Å². The normalized spacial score (nSPS) is 10.9. The zero-order chi connectivity index (χ0) is 27.3. The molecule has 0 saturated heterocycles. The highest BCUT2D eigenvalue weighted by molar-refractivity contribution is 6.06. The Bertz CT molecular complexity index is 1200. The van der Waals surface area contributed by atoms with Gasteiger partial charge in [-0.15, -0.1) is 0 Å². The van der Waals surface area contributed by atoms with E-state index in [4.69, 9.17) is 4.74 Å². The molecule has 5 heteroatoms. The van der Waals surface area contributed by atoms with E-state index < -0.39 is 11.9 Å². The molecule has 38 heavy (non-hydrogen) atoms. The van der Waals surface area contributed by atoms with Crippen LogP contribution >= 0.6 is 0 Å². The Morgan fingerprint density at radius 2 is 1.34 bits per heavy atom. The summed E-state index contributed by atoms with van der Waals surface area (Å²) in [6, 6.07) is 18.7. The van der Waals surface area contributed by atoms with Gasteiger partial charge in [0.25, 0.3) is 0 Å². The van der Waals surface area contributed by atoms with Gasteiger partial charge in [-0.05, 0) is 65.3 Å². The fourth-order valence-corrected chi connectivity index (χ4v) is 4.82. The highest BCUT2D eigenvalue weighted by atomic mass is 16.5. The summed E-state index contributed by atoms with van der Waals surface area (Å²) in [4.78, 5) is 23.7. The van der Waals surface area contributed by atoms with Gasteiger partial charge in [0.15, 0.2) is 0 Å². The molecule has 0 saturated carbocycles. The van der Waals surface area contributed by atoms with Crippen LogP contribution in [0, 0.1) is 0 Å². The third-order valence-corrected chi connectivity index (χ3v) is 6.91. The van der Waals surface area contributed by atoms with Crippen LogP contribution in [0.1, 0.15) is 97.9 Å². The summed E-state index contributed by atoms with van der Waals surface area (Å²) in [6.45, 7) is 5.12. The molecular formula is C33H40O5. The van der Waals surface area contributed by atoms with E-state index in [2.05, 4.69) is 26.0 Å². The van der Waals surface area contributed by atoms with E-state index in [0.717, 1.165) is 61.2 Å². The minimum atomic E-state index is -1.25. The predicted octanol–water partition coefficient (Wildman–Crippen LogP) is 8.89. The molecule has 0 heterocycles. The summed E-state index contributed by atoms with van der Waals surface area (Å²) in [6.07, 6.45) is 11.5. The molecule has 0 unspecified atom stereocenters. The Morgan fingerprint density at radius 1 is 0.684 bits per heavy atom. The van der Waals surface area contributed by atoms with Gasteiger partial charge in [0.2, 0.25) is 0 Å². The van der Waals surface area contributed by atoms with Gasteiger partial charge < -0.3 is 14.9 Å². The van der Waals surface area contributed by atoms with Crippen LogP contribution in [0.25, 0.3) is 22.3 Å². The van der Waals surface area contributed by atoms with Crippen molar-refractivity contribution in [2.45, 2.75) is 78.1 Å². The number of aryl methyl sites for hydroxylation is 1. The molecule has 0 spiro atoms. The standard InChI is InChI=1S/C33H40O5/c1-3-5-7-8-9-11-22-38-27-19-16-24(17-20-27)28-21-18-26(23-25(28)13-10-6-4-2)29-14-12-15-30(32(34)35)31(29)33(36)37/h12,14-21,23H,3-11,13,22H2,1-2H3,(H,34,35)(H,36,37). The lowest BCUT2D eigenvalue weighted by atomic mass is 9.89. The first-order chi connectivity index (χ1) is 18.5. The van der Waals surface area contributed by atoms with E-state index in [1.165, 1.54) is 38.2 Å². The van der Waals surface area contributed by atoms with Crippen LogP contribution in [0.2, 0.25) is 0 Å². The fourth-order valence-electron chi connectivity index (χ4n) is 4.82. The van der Waals surface area contributed by atoms with Crippen LogP contribution < -0.4 is 4.74 Å². The summed E-state index contributed by atoms with van der Waals surface area (Å²) in [7, 11) is 0. The maximum absolute atomic E-state index is 12.0. The van der Waals surface area contributed by atoms with Crippen molar-refractivity contribution in [2.24, 2.45) is 0 Å². The molecule has 3 rings (SSSR count).